The van der Waals surface area contributed by atoms with Crippen molar-refractivity contribution in [2.24, 2.45) is 5.73 Å². The molecular weight excluding hydrogens is 454 g/mol. The van der Waals surface area contributed by atoms with E-state index in [0.29, 0.717) is 23.5 Å². The molecule has 0 bridgehead atoms. The number of nitrogens with two attached hydrogens (primary N) is 1. The summed E-state index contributed by atoms with van der Waals surface area (Å²) >= 11 is 0. The Balaban J connectivity index is 1.75. The zero-order valence-corrected chi connectivity index (χ0v) is 20.6. The van der Waals surface area contributed by atoms with Gasteiger partial charge in [0.05, 0.1) is 20.1 Å². The van der Waals surface area contributed by atoms with Gasteiger partial charge in [-0.1, -0.05) is 17.9 Å². The first kappa shape index (κ1) is 26.0. The number of methoxy groups -OCH3 is 1. The van der Waals surface area contributed by atoms with Crippen molar-refractivity contribution in [3.63, 3.8) is 0 Å². The molecule has 36 heavy (non-hydrogen) atoms. The van der Waals surface area contributed by atoms with Crippen molar-refractivity contribution in [3.8, 4) is 11.8 Å². The molecule has 0 unspecified atom stereocenters. The number of rotatable bonds is 8. The number of hydrogen-bond acceptors (Lipinski definition) is 6. The van der Waals surface area contributed by atoms with E-state index >= 15 is 0 Å². The first-order valence-corrected chi connectivity index (χ1v) is 11.4. The molecule has 1 heterocycles. The van der Waals surface area contributed by atoms with Gasteiger partial charge in [-0.25, -0.2) is 4.98 Å². The average molecular weight is 484 g/mol. The Bertz CT molecular complexity index is 1310. The molecule has 1 amide bonds. The first-order valence-electron chi connectivity index (χ1n) is 11.4. The molecule has 8 nitrogen and oxygen atoms in total. The molecule has 0 saturated carbocycles. The van der Waals surface area contributed by atoms with Crippen LogP contribution in [0.1, 0.15) is 39.0 Å². The molecule has 3 aromatic rings. The van der Waals surface area contributed by atoms with Crippen molar-refractivity contribution in [1.29, 1.82) is 5.41 Å². The van der Waals surface area contributed by atoms with Crippen LogP contribution in [0.4, 0.5) is 11.5 Å². The summed E-state index contributed by atoms with van der Waals surface area (Å²) in [5, 5.41) is 10.7. The number of ether oxygens (including phenoxy) is 1. The number of aryl methyl sites for hydroxylation is 2. The second-order valence-corrected chi connectivity index (χ2v) is 8.10. The van der Waals surface area contributed by atoms with Crippen LogP contribution in [0.25, 0.3) is 0 Å². The number of anilines is 2. The van der Waals surface area contributed by atoms with Crippen LogP contribution in [0.2, 0.25) is 0 Å². The van der Waals surface area contributed by atoms with E-state index in [4.69, 9.17) is 15.9 Å². The summed E-state index contributed by atoms with van der Waals surface area (Å²) in [6.07, 6.45) is 1.67. The zero-order chi connectivity index (χ0) is 26.1. The summed E-state index contributed by atoms with van der Waals surface area (Å²) in [4.78, 5) is 31.0. The maximum Gasteiger partial charge on any atom is 0.307 e. The van der Waals surface area contributed by atoms with Crippen LogP contribution < -0.4 is 16.0 Å². The molecular formula is C28H29N5O3. The number of pyridine rings is 1. The van der Waals surface area contributed by atoms with Crippen molar-refractivity contribution < 1.29 is 14.3 Å². The summed E-state index contributed by atoms with van der Waals surface area (Å²) in [6, 6.07) is 16.3. The number of benzene rings is 2. The number of esters is 1. The molecule has 4 N–H and O–H groups in total. The third kappa shape index (κ3) is 6.70. The lowest BCUT2D eigenvalue weighted by Gasteiger charge is -2.22. The third-order valence-electron chi connectivity index (χ3n) is 5.54. The van der Waals surface area contributed by atoms with E-state index in [2.05, 4.69) is 22.1 Å². The van der Waals surface area contributed by atoms with Crippen molar-refractivity contribution >= 4 is 29.2 Å². The number of nitrogens with zero attached hydrogens (tertiary/aromatic N) is 2. The van der Waals surface area contributed by atoms with Gasteiger partial charge in [0.2, 0.25) is 0 Å². The summed E-state index contributed by atoms with van der Waals surface area (Å²) < 4.78 is 4.74. The van der Waals surface area contributed by atoms with Gasteiger partial charge < -0.3 is 15.8 Å². The van der Waals surface area contributed by atoms with E-state index in [-0.39, 0.29) is 24.7 Å². The molecule has 2 aromatic carbocycles. The van der Waals surface area contributed by atoms with Gasteiger partial charge in [0.1, 0.15) is 11.7 Å². The van der Waals surface area contributed by atoms with Gasteiger partial charge in [-0.15, -0.1) is 0 Å². The summed E-state index contributed by atoms with van der Waals surface area (Å²) in [7, 11) is 1.32. The molecule has 0 spiro atoms. The van der Waals surface area contributed by atoms with Crippen molar-refractivity contribution in [3.05, 3.63) is 88.6 Å². The summed E-state index contributed by atoms with van der Waals surface area (Å²) in [5.74, 6) is 6.13. The van der Waals surface area contributed by atoms with E-state index in [9.17, 15) is 9.59 Å². The van der Waals surface area contributed by atoms with Crippen LogP contribution in [0.3, 0.4) is 0 Å². The zero-order valence-electron chi connectivity index (χ0n) is 20.6. The van der Waals surface area contributed by atoms with Crippen LogP contribution in [0.15, 0.2) is 60.8 Å². The highest BCUT2D eigenvalue weighted by atomic mass is 16.5. The van der Waals surface area contributed by atoms with Crippen LogP contribution in [-0.4, -0.2) is 42.9 Å². The monoisotopic (exact) mass is 483 g/mol. The SMILES string of the molecule is COC(=O)CCN(C(=O)c1cc(C)c(C#CCNc2ccc(C(=N)N)cc2)cc1C)c1ccccn1. The molecule has 184 valence electrons. The van der Waals surface area contributed by atoms with Gasteiger partial charge >= 0.3 is 5.97 Å². The maximum atomic E-state index is 13.5. The number of amides is 1. The predicted molar refractivity (Wildman–Crippen MR) is 141 cm³/mol. The standard InChI is InChI=1S/C28H29N5O3/c1-19-18-24(28(35)33(16-13-26(34)36-3)25-8-4-5-14-32-25)20(2)17-22(19)7-6-15-31-23-11-9-21(10-12-23)27(29)30/h4-5,8-12,14,17-18,31H,13,15-16H2,1-3H3,(H3,29,30). The number of nitrogen functional groups attached to an aromatic ring is 1. The minimum atomic E-state index is -0.398. The quantitative estimate of drug-likeness (QED) is 0.195. The maximum absolute atomic E-state index is 13.5. The number of nitrogens with one attached hydrogen (secondary N) is 2. The van der Waals surface area contributed by atoms with Gasteiger partial charge in [0.15, 0.2) is 0 Å². The van der Waals surface area contributed by atoms with Crippen LogP contribution in [-0.2, 0) is 9.53 Å². The van der Waals surface area contributed by atoms with Crippen molar-refractivity contribution in [1.82, 2.24) is 4.98 Å². The Hall–Kier alpha value is -4.64. The summed E-state index contributed by atoms with van der Waals surface area (Å²) in [5.41, 5.74) is 10.0. The number of hydrogen-bond donors (Lipinski definition) is 3. The molecule has 0 fully saturated rings. The van der Waals surface area contributed by atoms with Crippen LogP contribution in [0.5, 0.6) is 0 Å². The Kier molecular flexibility index (Phi) is 8.79. The van der Waals surface area contributed by atoms with Crippen LogP contribution in [0, 0.1) is 31.1 Å². The fourth-order valence-electron chi connectivity index (χ4n) is 3.52. The lowest BCUT2D eigenvalue weighted by atomic mass is 9.99. The van der Waals surface area contributed by atoms with E-state index < -0.39 is 5.97 Å². The van der Waals surface area contributed by atoms with Gasteiger partial charge in [0.25, 0.3) is 5.91 Å². The lowest BCUT2D eigenvalue weighted by Crippen LogP contribution is -2.34. The molecule has 0 radical (unpaired) electrons. The highest BCUT2D eigenvalue weighted by Gasteiger charge is 2.22. The molecule has 0 aliphatic rings. The van der Waals surface area contributed by atoms with E-state index in [0.717, 1.165) is 22.4 Å². The van der Waals surface area contributed by atoms with Gasteiger partial charge in [-0.05, 0) is 73.5 Å². The predicted octanol–water partition coefficient (Wildman–Crippen LogP) is 3.66. The molecule has 3 rings (SSSR count). The first-order chi connectivity index (χ1) is 17.3. The molecule has 1 aromatic heterocycles. The molecule has 0 saturated heterocycles. The smallest absolute Gasteiger partial charge is 0.307 e. The molecule has 0 atom stereocenters. The number of aromatic nitrogens is 1. The second kappa shape index (κ2) is 12.2. The van der Waals surface area contributed by atoms with Gasteiger partial charge in [0, 0.05) is 35.1 Å². The Labute approximate surface area is 211 Å². The topological polar surface area (TPSA) is 121 Å². The highest BCUT2D eigenvalue weighted by molar-refractivity contribution is 6.07. The average Bonchev–Trinajstić information content (AvgIpc) is 2.88. The van der Waals surface area contributed by atoms with E-state index in [1.54, 1.807) is 36.5 Å². The molecule has 0 aliphatic carbocycles. The Morgan fingerprint density at radius 3 is 2.50 bits per heavy atom. The van der Waals surface area contributed by atoms with Crippen LogP contribution >= 0.6 is 0 Å². The Morgan fingerprint density at radius 1 is 1.11 bits per heavy atom. The largest absolute Gasteiger partial charge is 0.469 e. The second-order valence-electron chi connectivity index (χ2n) is 8.10. The molecule has 0 aliphatic heterocycles. The Morgan fingerprint density at radius 2 is 1.86 bits per heavy atom. The number of carbonyl (C=O) groups excluding carboxylic acids is 2. The number of carbonyl (C=O) groups is 2. The van der Waals surface area contributed by atoms with E-state index in [1.807, 2.05) is 38.1 Å². The minimum absolute atomic E-state index is 0.0285. The minimum Gasteiger partial charge on any atom is -0.469 e. The van der Waals surface area contributed by atoms with Crippen molar-refractivity contribution in [2.75, 3.05) is 30.4 Å². The fraction of sp³-hybridized carbons (Fsp3) is 0.214. The van der Waals surface area contributed by atoms with Gasteiger partial charge in [-0.3, -0.25) is 19.9 Å². The normalized spacial score (nSPS) is 10.1. The summed E-state index contributed by atoms with van der Waals surface area (Å²) in [6.45, 7) is 4.36. The van der Waals surface area contributed by atoms with E-state index in [1.165, 1.54) is 12.0 Å². The fourth-order valence-corrected chi connectivity index (χ4v) is 3.52. The van der Waals surface area contributed by atoms with Gasteiger partial charge in [-0.2, -0.15) is 0 Å². The highest BCUT2D eigenvalue weighted by Crippen LogP contribution is 2.21. The molecule has 8 heteroatoms. The lowest BCUT2D eigenvalue weighted by molar-refractivity contribution is -0.140. The number of amidine groups is 1. The van der Waals surface area contributed by atoms with Crippen molar-refractivity contribution in [2.45, 2.75) is 20.3 Å². The third-order valence-corrected chi connectivity index (χ3v) is 5.54.